The molecule has 0 fully saturated rings. The van der Waals surface area contributed by atoms with Crippen molar-refractivity contribution in [2.24, 2.45) is 14.9 Å². The second-order valence-electron chi connectivity index (χ2n) is 9.59. The number of anilines is 1. The Balaban J connectivity index is 1.47. The first-order chi connectivity index (χ1) is 15.2. The molecule has 0 saturated heterocycles. The summed E-state index contributed by atoms with van der Waals surface area (Å²) in [6.45, 7) is 5.16. The molecule has 5 rings (SSSR count). The van der Waals surface area contributed by atoms with Gasteiger partial charge in [-0.3, -0.25) is 0 Å². The van der Waals surface area contributed by atoms with Crippen LogP contribution in [-0.2, 0) is 40.5 Å². The Morgan fingerprint density at radius 2 is 2.19 bits per heavy atom. The number of rotatable bonds is 3. The molecule has 0 bridgehead atoms. The van der Waals surface area contributed by atoms with Crippen molar-refractivity contribution in [3.63, 3.8) is 0 Å². The second-order valence-corrected chi connectivity index (χ2v) is 11.3. The van der Waals surface area contributed by atoms with Crippen LogP contribution in [0.1, 0.15) is 55.0 Å². The third-order valence-corrected chi connectivity index (χ3v) is 7.88. The quantitative estimate of drug-likeness (QED) is 0.729. The fourth-order valence-electron chi connectivity index (χ4n) is 5.03. The summed E-state index contributed by atoms with van der Waals surface area (Å²) >= 11 is 0. The Bertz CT molecular complexity index is 1230. The molecule has 3 N–H and O–H groups in total. The van der Waals surface area contributed by atoms with E-state index in [9.17, 15) is 9.00 Å². The second kappa shape index (κ2) is 7.57. The van der Waals surface area contributed by atoms with Gasteiger partial charge in [0.05, 0.1) is 25.5 Å². The number of amides is 2. The van der Waals surface area contributed by atoms with Gasteiger partial charge in [-0.15, -0.1) is 4.36 Å². The number of nitrogens with two attached hydrogens (primary N) is 1. The lowest BCUT2D eigenvalue weighted by molar-refractivity contribution is 0.0972. The molecular formula is C22H29N5O4S. The number of nitrogens with zero attached hydrogens (tertiary/aromatic N) is 3. The number of methoxy groups -OCH3 is 1. The van der Waals surface area contributed by atoms with E-state index in [-0.39, 0.29) is 16.4 Å². The Hall–Kier alpha value is -2.43. The standard InChI is InChI=1S/C22H29N5O4S/c1-22(2)11-27-20(31-12-22)18(10-24-27)32(23,29)26-21(28)25-19-14-6-4-5-13(14)9-16-15(19)7-8-17(16)30-3/h9-10,17H,4-8,11-12H2,1-3H3,(H3,23,25,26,28,29)/t17-,32-/m1/s1. The third-order valence-electron chi connectivity index (χ3n) is 6.53. The fraction of sp³-hybridized carbons (Fsp3) is 0.545. The lowest BCUT2D eigenvalue weighted by atomic mass is 9.94. The molecule has 9 nitrogen and oxygen atoms in total. The van der Waals surface area contributed by atoms with Crippen LogP contribution < -0.4 is 15.2 Å². The first-order valence-electron chi connectivity index (χ1n) is 10.9. The number of aromatic nitrogens is 2. The summed E-state index contributed by atoms with van der Waals surface area (Å²) < 4.78 is 30.1. The van der Waals surface area contributed by atoms with Crippen molar-refractivity contribution < 1.29 is 18.5 Å². The van der Waals surface area contributed by atoms with E-state index in [1.165, 1.54) is 11.8 Å². The van der Waals surface area contributed by atoms with Gasteiger partial charge in [0, 0.05) is 18.2 Å². The van der Waals surface area contributed by atoms with Gasteiger partial charge in [0.25, 0.3) is 0 Å². The predicted molar refractivity (Wildman–Crippen MR) is 120 cm³/mol. The van der Waals surface area contributed by atoms with E-state index in [1.54, 1.807) is 11.8 Å². The van der Waals surface area contributed by atoms with E-state index in [4.69, 9.17) is 14.6 Å². The topological polar surface area (TPSA) is 121 Å². The molecule has 0 spiro atoms. The average Bonchev–Trinajstić information content (AvgIpc) is 3.43. The highest BCUT2D eigenvalue weighted by atomic mass is 32.2. The highest BCUT2D eigenvalue weighted by molar-refractivity contribution is 7.91. The SMILES string of the molecule is CO[C@@H]1CCc2c1cc1c(c2NC(=O)N=[S@@](N)(=O)c2cnn3c2OCC(C)(C)C3)CCC1. The molecule has 3 aliphatic rings. The molecule has 2 heterocycles. The number of carbonyl (C=O) groups excluding carboxylic acids is 1. The van der Waals surface area contributed by atoms with E-state index in [2.05, 4.69) is 34.7 Å². The minimum atomic E-state index is -3.53. The molecule has 1 aromatic heterocycles. The van der Waals surface area contributed by atoms with Gasteiger partial charge in [0.1, 0.15) is 4.90 Å². The summed E-state index contributed by atoms with van der Waals surface area (Å²) in [4.78, 5) is 13.1. The number of nitrogens with one attached hydrogen (secondary N) is 1. The van der Waals surface area contributed by atoms with Crippen LogP contribution in [0.25, 0.3) is 0 Å². The van der Waals surface area contributed by atoms with Gasteiger partial charge >= 0.3 is 6.03 Å². The lowest BCUT2D eigenvalue weighted by Crippen LogP contribution is -2.33. The number of aryl methyl sites for hydroxylation is 1. The van der Waals surface area contributed by atoms with Crippen molar-refractivity contribution in [1.82, 2.24) is 9.78 Å². The number of fused-ring (bicyclic) bond motifs is 3. The number of hydrogen-bond acceptors (Lipinski definition) is 5. The maximum absolute atomic E-state index is 13.2. The first-order valence-corrected chi connectivity index (χ1v) is 12.5. The number of carbonyl (C=O) groups is 1. The van der Waals surface area contributed by atoms with Crippen LogP contribution in [0.15, 0.2) is 21.5 Å². The van der Waals surface area contributed by atoms with E-state index in [0.717, 1.165) is 54.5 Å². The largest absolute Gasteiger partial charge is 0.476 e. The van der Waals surface area contributed by atoms with Crippen LogP contribution in [0.2, 0.25) is 0 Å². The zero-order chi connectivity index (χ0) is 22.7. The predicted octanol–water partition coefficient (Wildman–Crippen LogP) is 3.36. The molecule has 0 saturated carbocycles. The zero-order valence-corrected chi connectivity index (χ0v) is 19.5. The van der Waals surface area contributed by atoms with E-state index in [0.29, 0.717) is 19.0 Å². The summed E-state index contributed by atoms with van der Waals surface area (Å²) in [6.07, 6.45) is 6.02. The van der Waals surface area contributed by atoms with Gasteiger partial charge in [0.15, 0.2) is 9.92 Å². The van der Waals surface area contributed by atoms with Gasteiger partial charge in [-0.25, -0.2) is 18.8 Å². The Morgan fingerprint density at radius 3 is 2.97 bits per heavy atom. The molecular weight excluding hydrogens is 430 g/mol. The van der Waals surface area contributed by atoms with Crippen molar-refractivity contribution in [2.45, 2.75) is 63.5 Å². The van der Waals surface area contributed by atoms with Crippen LogP contribution in [0.3, 0.4) is 0 Å². The van der Waals surface area contributed by atoms with Gasteiger partial charge in [0.2, 0.25) is 5.88 Å². The molecule has 10 heteroatoms. The summed E-state index contributed by atoms with van der Waals surface area (Å²) in [5.74, 6) is 0.317. The van der Waals surface area contributed by atoms with Crippen LogP contribution in [0.5, 0.6) is 5.88 Å². The lowest BCUT2D eigenvalue weighted by Gasteiger charge is -2.30. The molecule has 0 unspecified atom stereocenters. The van der Waals surface area contributed by atoms with Gasteiger partial charge in [-0.1, -0.05) is 19.9 Å². The van der Waals surface area contributed by atoms with Crippen molar-refractivity contribution in [2.75, 3.05) is 19.0 Å². The van der Waals surface area contributed by atoms with Crippen molar-refractivity contribution in [3.8, 4) is 5.88 Å². The molecule has 2 aliphatic carbocycles. The molecule has 1 aliphatic heterocycles. The highest BCUT2D eigenvalue weighted by Gasteiger charge is 2.33. The van der Waals surface area contributed by atoms with Gasteiger partial charge < -0.3 is 14.8 Å². The number of ether oxygens (including phenoxy) is 2. The van der Waals surface area contributed by atoms with Gasteiger partial charge in [-0.2, -0.15) is 5.10 Å². The molecule has 0 radical (unpaired) electrons. The third kappa shape index (κ3) is 3.60. The van der Waals surface area contributed by atoms with Crippen LogP contribution >= 0.6 is 0 Å². The number of benzene rings is 1. The van der Waals surface area contributed by atoms with E-state index < -0.39 is 15.9 Å². The highest BCUT2D eigenvalue weighted by Crippen LogP contribution is 2.43. The Labute approximate surface area is 188 Å². The average molecular weight is 460 g/mol. The monoisotopic (exact) mass is 459 g/mol. The van der Waals surface area contributed by atoms with Crippen LogP contribution in [0, 0.1) is 5.41 Å². The Kier molecular flexibility index (Phi) is 5.06. The zero-order valence-electron chi connectivity index (χ0n) is 18.6. The normalized spacial score (nSPS) is 22.3. The molecule has 2 amide bonds. The fourth-order valence-corrected chi connectivity index (χ4v) is 6.03. The maximum atomic E-state index is 13.2. The molecule has 2 aromatic rings. The molecule has 172 valence electrons. The molecule has 1 aromatic carbocycles. The first kappa shape index (κ1) is 21.4. The summed E-state index contributed by atoms with van der Waals surface area (Å²) in [5.41, 5.74) is 5.26. The smallest absolute Gasteiger partial charge is 0.354 e. The summed E-state index contributed by atoms with van der Waals surface area (Å²) in [5, 5.41) is 13.2. The number of hydrogen-bond donors (Lipinski definition) is 2. The summed E-state index contributed by atoms with van der Waals surface area (Å²) in [7, 11) is -1.82. The van der Waals surface area contributed by atoms with Crippen LogP contribution in [-0.4, -0.2) is 33.7 Å². The molecule has 2 atom stereocenters. The number of urea groups is 1. The Morgan fingerprint density at radius 1 is 1.38 bits per heavy atom. The van der Waals surface area contributed by atoms with Crippen molar-refractivity contribution in [1.29, 1.82) is 0 Å². The molecule has 32 heavy (non-hydrogen) atoms. The van der Waals surface area contributed by atoms with E-state index >= 15 is 0 Å². The summed E-state index contributed by atoms with van der Waals surface area (Å²) in [6, 6.07) is 1.49. The van der Waals surface area contributed by atoms with Crippen molar-refractivity contribution in [3.05, 3.63) is 34.5 Å². The minimum Gasteiger partial charge on any atom is -0.476 e. The van der Waals surface area contributed by atoms with Gasteiger partial charge in [-0.05, 0) is 54.4 Å². The van der Waals surface area contributed by atoms with E-state index in [1.807, 2.05) is 0 Å². The van der Waals surface area contributed by atoms with Crippen molar-refractivity contribution >= 4 is 21.6 Å². The maximum Gasteiger partial charge on any atom is 0.354 e. The minimum absolute atomic E-state index is 0.0302. The van der Waals surface area contributed by atoms with Crippen LogP contribution in [0.4, 0.5) is 10.5 Å².